The molecule has 1 N–H and O–H groups in total. The number of hydrogen-bond donors (Lipinski definition) is 1. The SMILES string of the molecule is COc1ccc(S(=O)(=O)N2CCCC2)cc1NC(=O)/C=C/c1ccc2c(c1)OCO2. The van der Waals surface area contributed by atoms with E-state index in [1.165, 1.54) is 29.6 Å². The number of nitrogens with one attached hydrogen (secondary N) is 1. The maximum Gasteiger partial charge on any atom is 0.248 e. The monoisotopic (exact) mass is 430 g/mol. The second kappa shape index (κ2) is 8.37. The van der Waals surface area contributed by atoms with E-state index >= 15 is 0 Å². The van der Waals surface area contributed by atoms with Crippen molar-refractivity contribution in [2.75, 3.05) is 32.3 Å². The van der Waals surface area contributed by atoms with Crippen molar-refractivity contribution < 1.29 is 27.4 Å². The minimum absolute atomic E-state index is 0.125. The smallest absolute Gasteiger partial charge is 0.248 e. The molecule has 0 bridgehead atoms. The molecule has 2 aromatic carbocycles. The summed E-state index contributed by atoms with van der Waals surface area (Å²) in [7, 11) is -2.14. The van der Waals surface area contributed by atoms with Crippen LogP contribution in [-0.2, 0) is 14.8 Å². The van der Waals surface area contributed by atoms with E-state index in [4.69, 9.17) is 14.2 Å². The van der Waals surface area contributed by atoms with Crippen LogP contribution in [0.3, 0.4) is 0 Å². The van der Waals surface area contributed by atoms with Crippen LogP contribution in [0.1, 0.15) is 18.4 Å². The maximum atomic E-state index is 12.8. The number of nitrogens with zero attached hydrogens (tertiary/aromatic N) is 1. The minimum Gasteiger partial charge on any atom is -0.495 e. The topological polar surface area (TPSA) is 94.2 Å². The second-order valence-electron chi connectivity index (χ2n) is 6.91. The molecule has 0 aromatic heterocycles. The van der Waals surface area contributed by atoms with Gasteiger partial charge in [-0.05, 0) is 54.8 Å². The van der Waals surface area contributed by atoms with Crippen LogP contribution >= 0.6 is 0 Å². The molecular formula is C21H22N2O6S. The molecule has 1 amide bonds. The van der Waals surface area contributed by atoms with Gasteiger partial charge in [0.1, 0.15) is 5.75 Å². The number of rotatable bonds is 6. The van der Waals surface area contributed by atoms with Crippen molar-refractivity contribution in [3.05, 3.63) is 48.0 Å². The van der Waals surface area contributed by atoms with Crippen LogP contribution in [-0.4, -0.2) is 45.6 Å². The summed E-state index contributed by atoms with van der Waals surface area (Å²) < 4.78 is 42.9. The highest BCUT2D eigenvalue weighted by molar-refractivity contribution is 7.89. The van der Waals surface area contributed by atoms with E-state index in [0.29, 0.717) is 30.3 Å². The van der Waals surface area contributed by atoms with Gasteiger partial charge in [-0.1, -0.05) is 6.07 Å². The summed E-state index contributed by atoms with van der Waals surface area (Å²) in [5.74, 6) is 1.25. The van der Waals surface area contributed by atoms with Crippen molar-refractivity contribution in [1.82, 2.24) is 4.31 Å². The first kappa shape index (κ1) is 20.2. The van der Waals surface area contributed by atoms with Gasteiger partial charge in [0.05, 0.1) is 17.7 Å². The average Bonchev–Trinajstić information content (AvgIpc) is 3.44. The van der Waals surface area contributed by atoms with Crippen molar-refractivity contribution in [2.24, 2.45) is 0 Å². The lowest BCUT2D eigenvalue weighted by molar-refractivity contribution is -0.111. The number of anilines is 1. The van der Waals surface area contributed by atoms with Gasteiger partial charge in [0.2, 0.25) is 22.7 Å². The van der Waals surface area contributed by atoms with E-state index in [2.05, 4.69) is 5.32 Å². The molecule has 1 fully saturated rings. The van der Waals surface area contributed by atoms with Gasteiger partial charge in [0, 0.05) is 19.2 Å². The summed E-state index contributed by atoms with van der Waals surface area (Å²) in [4.78, 5) is 12.6. The zero-order valence-electron chi connectivity index (χ0n) is 16.5. The number of carbonyl (C=O) groups excluding carboxylic acids is 1. The highest BCUT2D eigenvalue weighted by Crippen LogP contribution is 2.33. The fourth-order valence-electron chi connectivity index (χ4n) is 3.39. The molecule has 30 heavy (non-hydrogen) atoms. The largest absolute Gasteiger partial charge is 0.495 e. The summed E-state index contributed by atoms with van der Waals surface area (Å²) in [6.07, 6.45) is 4.69. The third-order valence-electron chi connectivity index (χ3n) is 4.96. The number of methoxy groups -OCH3 is 1. The molecule has 0 saturated carbocycles. The third-order valence-corrected chi connectivity index (χ3v) is 6.85. The van der Waals surface area contributed by atoms with Crippen LogP contribution in [0, 0.1) is 0 Å². The molecule has 1 saturated heterocycles. The zero-order chi connectivity index (χ0) is 21.1. The van der Waals surface area contributed by atoms with E-state index in [1.54, 1.807) is 30.3 Å². The van der Waals surface area contributed by atoms with E-state index < -0.39 is 15.9 Å². The quantitative estimate of drug-likeness (QED) is 0.709. The number of amides is 1. The summed E-state index contributed by atoms with van der Waals surface area (Å²) in [5, 5.41) is 2.70. The van der Waals surface area contributed by atoms with E-state index in [9.17, 15) is 13.2 Å². The normalized spacial score (nSPS) is 16.2. The summed E-state index contributed by atoms with van der Waals surface area (Å²) in [6, 6.07) is 9.82. The summed E-state index contributed by atoms with van der Waals surface area (Å²) in [5.41, 5.74) is 1.06. The molecule has 158 valence electrons. The Kier molecular flexibility index (Phi) is 5.65. The van der Waals surface area contributed by atoms with Crippen LogP contribution in [0.15, 0.2) is 47.4 Å². The van der Waals surface area contributed by atoms with Gasteiger partial charge in [-0.2, -0.15) is 4.31 Å². The van der Waals surface area contributed by atoms with Crippen LogP contribution in [0.2, 0.25) is 0 Å². The first-order valence-corrected chi connectivity index (χ1v) is 11.0. The van der Waals surface area contributed by atoms with Gasteiger partial charge in [-0.25, -0.2) is 8.42 Å². The predicted molar refractivity (Wildman–Crippen MR) is 111 cm³/mol. The van der Waals surface area contributed by atoms with E-state index in [-0.39, 0.29) is 17.4 Å². The summed E-state index contributed by atoms with van der Waals surface area (Å²) >= 11 is 0. The highest BCUT2D eigenvalue weighted by Gasteiger charge is 2.28. The minimum atomic E-state index is -3.60. The number of ether oxygens (including phenoxy) is 3. The average molecular weight is 430 g/mol. The first-order valence-electron chi connectivity index (χ1n) is 9.54. The highest BCUT2D eigenvalue weighted by atomic mass is 32.2. The van der Waals surface area contributed by atoms with E-state index in [0.717, 1.165) is 18.4 Å². The number of carbonyl (C=O) groups is 1. The fraction of sp³-hybridized carbons (Fsp3) is 0.286. The van der Waals surface area contributed by atoms with Gasteiger partial charge < -0.3 is 19.5 Å². The second-order valence-corrected chi connectivity index (χ2v) is 8.85. The van der Waals surface area contributed by atoms with Gasteiger partial charge in [0.25, 0.3) is 0 Å². The molecule has 9 heteroatoms. The summed E-state index contributed by atoms with van der Waals surface area (Å²) in [6.45, 7) is 1.20. The number of hydrogen-bond acceptors (Lipinski definition) is 6. The first-order chi connectivity index (χ1) is 14.5. The van der Waals surface area contributed by atoms with Gasteiger partial charge in [-0.15, -0.1) is 0 Å². The van der Waals surface area contributed by atoms with Crippen molar-refractivity contribution >= 4 is 27.7 Å². The zero-order valence-corrected chi connectivity index (χ0v) is 17.3. The molecule has 8 nitrogen and oxygen atoms in total. The molecule has 2 aliphatic rings. The Hall–Kier alpha value is -3.04. The Balaban J connectivity index is 1.52. The molecule has 2 aromatic rings. The van der Waals surface area contributed by atoms with Gasteiger partial charge in [0.15, 0.2) is 11.5 Å². The van der Waals surface area contributed by atoms with Crippen LogP contribution in [0.4, 0.5) is 5.69 Å². The fourth-order valence-corrected chi connectivity index (χ4v) is 4.93. The number of sulfonamides is 1. The molecule has 0 unspecified atom stereocenters. The Bertz CT molecular complexity index is 1090. The Morgan fingerprint density at radius 2 is 1.87 bits per heavy atom. The standard InChI is InChI=1S/C21H22N2O6S/c1-27-18-8-6-16(30(25,26)23-10-2-3-11-23)13-17(18)22-21(24)9-5-15-4-7-19-20(12-15)29-14-28-19/h4-9,12-13H,2-3,10-11,14H2,1H3,(H,22,24)/b9-5+. The number of fused-ring (bicyclic) bond motifs is 1. The van der Waals surface area contributed by atoms with Crippen molar-refractivity contribution in [3.63, 3.8) is 0 Å². The Morgan fingerprint density at radius 3 is 2.63 bits per heavy atom. The molecule has 0 radical (unpaired) electrons. The van der Waals surface area contributed by atoms with Crippen LogP contribution < -0.4 is 19.5 Å². The van der Waals surface area contributed by atoms with Gasteiger partial charge >= 0.3 is 0 Å². The lowest BCUT2D eigenvalue weighted by Gasteiger charge is -2.17. The van der Waals surface area contributed by atoms with Crippen molar-refractivity contribution in [1.29, 1.82) is 0 Å². The Labute approximate surface area is 175 Å². The molecule has 0 spiro atoms. The lowest BCUT2D eigenvalue weighted by Crippen LogP contribution is -2.28. The Morgan fingerprint density at radius 1 is 1.10 bits per heavy atom. The molecule has 0 atom stereocenters. The molecule has 0 aliphatic carbocycles. The third kappa shape index (κ3) is 4.12. The molecular weight excluding hydrogens is 408 g/mol. The van der Waals surface area contributed by atoms with Gasteiger partial charge in [-0.3, -0.25) is 4.79 Å². The lowest BCUT2D eigenvalue weighted by atomic mass is 10.2. The van der Waals surface area contributed by atoms with Crippen molar-refractivity contribution in [2.45, 2.75) is 17.7 Å². The molecule has 4 rings (SSSR count). The predicted octanol–water partition coefficient (Wildman–Crippen LogP) is 2.86. The van der Waals surface area contributed by atoms with Crippen molar-refractivity contribution in [3.8, 4) is 17.2 Å². The van der Waals surface area contributed by atoms with Crippen LogP contribution in [0.25, 0.3) is 6.08 Å². The maximum absolute atomic E-state index is 12.8. The molecule has 2 heterocycles. The van der Waals surface area contributed by atoms with Crippen LogP contribution in [0.5, 0.6) is 17.2 Å². The van der Waals surface area contributed by atoms with E-state index in [1.807, 2.05) is 0 Å². The number of benzene rings is 2. The molecule has 2 aliphatic heterocycles.